The maximum Gasteiger partial charge on any atom is 0.122 e. The summed E-state index contributed by atoms with van der Waals surface area (Å²) < 4.78 is 5.32. The molecule has 84 valence electrons. The Morgan fingerprint density at radius 3 is 2.60 bits per heavy atom. The molecule has 3 heteroatoms. The molecule has 2 N–H and O–H groups in total. The minimum atomic E-state index is 0.469. The van der Waals surface area contributed by atoms with Crippen molar-refractivity contribution < 1.29 is 4.74 Å². The fourth-order valence-corrected chi connectivity index (χ4v) is 1.49. The van der Waals surface area contributed by atoms with Gasteiger partial charge in [-0.2, -0.15) is 0 Å². The largest absolute Gasteiger partial charge is 0.496 e. The smallest absolute Gasteiger partial charge is 0.122 e. The fourth-order valence-electron chi connectivity index (χ4n) is 1.49. The van der Waals surface area contributed by atoms with Crippen molar-refractivity contribution in [1.29, 1.82) is 0 Å². The fraction of sp³-hybridized carbons (Fsp3) is 0.500. The SMILES string of the molecule is CNCNc1ccc(OC)c(C(C)C)c1. The lowest BCUT2D eigenvalue weighted by Gasteiger charge is -2.14. The lowest BCUT2D eigenvalue weighted by molar-refractivity contribution is 0.407. The maximum absolute atomic E-state index is 5.32. The molecule has 0 amide bonds. The molecular formula is C12H20N2O. The molecule has 15 heavy (non-hydrogen) atoms. The first-order valence-electron chi connectivity index (χ1n) is 5.25. The Morgan fingerprint density at radius 1 is 1.33 bits per heavy atom. The molecule has 1 aromatic rings. The summed E-state index contributed by atoms with van der Waals surface area (Å²) >= 11 is 0. The highest BCUT2D eigenvalue weighted by Crippen LogP contribution is 2.28. The van der Waals surface area contributed by atoms with Crippen LogP contribution in [0.3, 0.4) is 0 Å². The third-order valence-electron chi connectivity index (χ3n) is 2.32. The summed E-state index contributed by atoms with van der Waals surface area (Å²) in [5, 5.41) is 6.33. The van der Waals surface area contributed by atoms with Gasteiger partial charge in [-0.1, -0.05) is 13.8 Å². The van der Waals surface area contributed by atoms with E-state index in [9.17, 15) is 0 Å². The zero-order valence-corrected chi connectivity index (χ0v) is 9.92. The van der Waals surface area contributed by atoms with E-state index in [4.69, 9.17) is 4.74 Å². The second kappa shape index (κ2) is 5.61. The summed E-state index contributed by atoms with van der Waals surface area (Å²) in [5.74, 6) is 1.43. The normalized spacial score (nSPS) is 10.5. The predicted molar refractivity (Wildman–Crippen MR) is 64.6 cm³/mol. The number of ether oxygens (including phenoxy) is 1. The zero-order valence-electron chi connectivity index (χ0n) is 9.92. The number of hydrogen-bond acceptors (Lipinski definition) is 3. The first-order chi connectivity index (χ1) is 7.19. The van der Waals surface area contributed by atoms with Crippen LogP contribution < -0.4 is 15.4 Å². The van der Waals surface area contributed by atoms with E-state index < -0.39 is 0 Å². The van der Waals surface area contributed by atoms with Crippen LogP contribution in [0, 0.1) is 0 Å². The molecule has 0 aromatic heterocycles. The van der Waals surface area contributed by atoms with E-state index in [-0.39, 0.29) is 0 Å². The van der Waals surface area contributed by atoms with Crippen molar-refractivity contribution in [2.45, 2.75) is 19.8 Å². The summed E-state index contributed by atoms with van der Waals surface area (Å²) in [5.41, 5.74) is 2.35. The molecule has 0 fully saturated rings. The molecule has 0 aliphatic rings. The third-order valence-corrected chi connectivity index (χ3v) is 2.32. The van der Waals surface area contributed by atoms with E-state index in [2.05, 4.69) is 30.5 Å². The Bertz CT molecular complexity index is 310. The number of benzene rings is 1. The summed E-state index contributed by atoms with van der Waals surface area (Å²) in [6, 6.07) is 6.18. The van der Waals surface area contributed by atoms with Gasteiger partial charge in [-0.25, -0.2) is 0 Å². The Hall–Kier alpha value is -1.22. The number of rotatable bonds is 5. The topological polar surface area (TPSA) is 33.3 Å². The van der Waals surface area contributed by atoms with Crippen molar-refractivity contribution >= 4 is 5.69 Å². The van der Waals surface area contributed by atoms with E-state index in [1.807, 2.05) is 19.2 Å². The van der Waals surface area contributed by atoms with Crippen molar-refractivity contribution in [3.63, 3.8) is 0 Å². The minimum Gasteiger partial charge on any atom is -0.496 e. The van der Waals surface area contributed by atoms with E-state index in [1.165, 1.54) is 5.56 Å². The van der Waals surface area contributed by atoms with Crippen LogP contribution in [0.25, 0.3) is 0 Å². The molecule has 0 saturated heterocycles. The highest BCUT2D eigenvalue weighted by atomic mass is 16.5. The van der Waals surface area contributed by atoms with E-state index in [1.54, 1.807) is 7.11 Å². The van der Waals surface area contributed by atoms with E-state index in [0.29, 0.717) is 5.92 Å². The quantitative estimate of drug-likeness (QED) is 0.729. The molecule has 0 aliphatic carbocycles. The molecule has 0 bridgehead atoms. The molecule has 0 radical (unpaired) electrons. The van der Waals surface area contributed by atoms with Crippen LogP contribution in [0.2, 0.25) is 0 Å². The molecular weight excluding hydrogens is 188 g/mol. The number of anilines is 1. The Kier molecular flexibility index (Phi) is 4.43. The second-order valence-electron chi connectivity index (χ2n) is 3.82. The van der Waals surface area contributed by atoms with Crippen molar-refractivity contribution in [2.24, 2.45) is 0 Å². The summed E-state index contributed by atoms with van der Waals surface area (Å²) in [6.07, 6.45) is 0. The molecule has 0 saturated carbocycles. The van der Waals surface area contributed by atoms with Gasteiger partial charge >= 0.3 is 0 Å². The molecule has 0 spiro atoms. The van der Waals surface area contributed by atoms with Crippen molar-refractivity contribution in [1.82, 2.24) is 5.32 Å². The lowest BCUT2D eigenvalue weighted by Crippen LogP contribution is -2.16. The average Bonchev–Trinajstić information content (AvgIpc) is 2.25. The van der Waals surface area contributed by atoms with Crippen molar-refractivity contribution in [2.75, 3.05) is 26.1 Å². The summed E-state index contributed by atoms with van der Waals surface area (Å²) in [7, 11) is 3.63. The molecule has 3 nitrogen and oxygen atoms in total. The molecule has 0 heterocycles. The molecule has 1 rings (SSSR count). The van der Waals surface area contributed by atoms with Gasteiger partial charge in [0, 0.05) is 5.69 Å². The van der Waals surface area contributed by atoms with Gasteiger partial charge in [-0.05, 0) is 36.7 Å². The summed E-state index contributed by atoms with van der Waals surface area (Å²) in [4.78, 5) is 0. The highest BCUT2D eigenvalue weighted by Gasteiger charge is 2.07. The first kappa shape index (κ1) is 11.9. The van der Waals surface area contributed by atoms with Crippen LogP contribution in [0.4, 0.5) is 5.69 Å². The maximum atomic E-state index is 5.32. The third kappa shape index (κ3) is 3.13. The molecule has 0 unspecified atom stereocenters. The average molecular weight is 208 g/mol. The van der Waals surface area contributed by atoms with Gasteiger partial charge in [0.15, 0.2) is 0 Å². The van der Waals surface area contributed by atoms with Crippen molar-refractivity contribution in [3.05, 3.63) is 23.8 Å². The Balaban J connectivity index is 2.89. The van der Waals surface area contributed by atoms with Crippen LogP contribution in [0.1, 0.15) is 25.3 Å². The van der Waals surface area contributed by atoms with E-state index in [0.717, 1.165) is 18.1 Å². The molecule has 1 aromatic carbocycles. The minimum absolute atomic E-state index is 0.469. The van der Waals surface area contributed by atoms with Gasteiger partial charge in [0.05, 0.1) is 13.8 Å². The van der Waals surface area contributed by atoms with Crippen molar-refractivity contribution in [3.8, 4) is 5.75 Å². The number of nitrogens with one attached hydrogen (secondary N) is 2. The Morgan fingerprint density at radius 2 is 2.07 bits per heavy atom. The van der Waals surface area contributed by atoms with Crippen LogP contribution in [0.5, 0.6) is 5.75 Å². The standard InChI is InChI=1S/C12H20N2O/c1-9(2)11-7-10(14-8-13-3)5-6-12(11)15-4/h5-7,9,13-14H,8H2,1-4H3. The van der Waals surface area contributed by atoms with Gasteiger partial charge in [-0.15, -0.1) is 0 Å². The van der Waals surface area contributed by atoms with Crippen LogP contribution in [0.15, 0.2) is 18.2 Å². The highest BCUT2D eigenvalue weighted by molar-refractivity contribution is 5.52. The zero-order chi connectivity index (χ0) is 11.3. The van der Waals surface area contributed by atoms with Crippen LogP contribution >= 0.6 is 0 Å². The first-order valence-corrected chi connectivity index (χ1v) is 5.25. The Labute approximate surface area is 91.8 Å². The summed E-state index contributed by atoms with van der Waals surface area (Å²) in [6.45, 7) is 5.10. The monoisotopic (exact) mass is 208 g/mol. The van der Waals surface area contributed by atoms with Crippen LogP contribution in [-0.4, -0.2) is 20.8 Å². The van der Waals surface area contributed by atoms with Gasteiger partial charge in [0.2, 0.25) is 0 Å². The van der Waals surface area contributed by atoms with Crippen LogP contribution in [-0.2, 0) is 0 Å². The van der Waals surface area contributed by atoms with Gasteiger partial charge in [0.25, 0.3) is 0 Å². The lowest BCUT2D eigenvalue weighted by atomic mass is 10.0. The van der Waals surface area contributed by atoms with E-state index >= 15 is 0 Å². The van der Waals surface area contributed by atoms with Gasteiger partial charge < -0.3 is 15.4 Å². The number of hydrogen-bond donors (Lipinski definition) is 2. The van der Waals surface area contributed by atoms with Gasteiger partial charge in [-0.3, -0.25) is 0 Å². The van der Waals surface area contributed by atoms with Gasteiger partial charge in [0.1, 0.15) is 5.75 Å². The number of methoxy groups -OCH3 is 1. The molecule has 0 atom stereocenters. The molecule has 0 aliphatic heterocycles. The second-order valence-corrected chi connectivity index (χ2v) is 3.82. The predicted octanol–water partition coefficient (Wildman–Crippen LogP) is 2.41.